The number of hydrogen-bond donors (Lipinski definition) is 12. The first kappa shape index (κ1) is 100. The Morgan fingerprint density at radius 3 is 1.22 bits per heavy atom. The number of aliphatic hydroxyl groups excluding tert-OH is 5. The molecule has 2 aliphatic heterocycles. The van der Waals surface area contributed by atoms with Crippen LogP contribution in [0.4, 0.5) is 78.3 Å². The van der Waals surface area contributed by atoms with E-state index in [0.29, 0.717) is 116 Å². The maximum atomic E-state index is 13.2. The Bertz CT molecular complexity index is 3690. The van der Waals surface area contributed by atoms with Gasteiger partial charge in [0.05, 0.1) is 54.8 Å². The van der Waals surface area contributed by atoms with Gasteiger partial charge in [-0.3, -0.25) is 34.6 Å². The van der Waals surface area contributed by atoms with Gasteiger partial charge in [0.2, 0.25) is 5.24 Å². The Labute approximate surface area is 652 Å². The molecule has 2 saturated heterocycles. The molecule has 0 saturated carbocycles. The van der Waals surface area contributed by atoms with Crippen LogP contribution in [0.15, 0.2) is 116 Å². The van der Waals surface area contributed by atoms with Crippen LogP contribution in [0, 0.1) is 39.5 Å². The van der Waals surface area contributed by atoms with Crippen LogP contribution in [-0.2, 0) is 73.0 Å². The Kier molecular flexibility index (Phi) is 50.8. The summed E-state index contributed by atoms with van der Waals surface area (Å²) in [7, 11) is 0. The molecule has 15 N–H and O–H groups in total. The zero-order valence-corrected chi connectivity index (χ0v) is 64.0. The third-order valence-electron chi connectivity index (χ3n) is 14.5. The van der Waals surface area contributed by atoms with E-state index >= 15 is 0 Å². The summed E-state index contributed by atoms with van der Waals surface area (Å²) in [5, 5.41) is 73.8. The Balaban J connectivity index is 0.00000131. The smallest absolute Gasteiger partial charge is 0.397 e. The van der Waals surface area contributed by atoms with Crippen LogP contribution in [0.3, 0.4) is 0 Å². The molecule has 9 rings (SSSR count). The number of aromatic nitrogens is 7. The largest absolute Gasteiger partial charge is 0.433 e. The van der Waals surface area contributed by atoms with E-state index in [0.717, 1.165) is 74.0 Å². The molecule has 0 unspecified atom stereocenters. The summed E-state index contributed by atoms with van der Waals surface area (Å²) in [4.78, 5) is 82.9. The van der Waals surface area contributed by atoms with Crippen molar-refractivity contribution in [3.05, 3.63) is 182 Å². The van der Waals surface area contributed by atoms with Crippen LogP contribution in [0.1, 0.15) is 93.4 Å². The first-order valence-corrected chi connectivity index (χ1v) is 34.3. The van der Waals surface area contributed by atoms with Gasteiger partial charge in [0.25, 0.3) is 11.4 Å². The van der Waals surface area contributed by atoms with Gasteiger partial charge >= 0.3 is 12.4 Å². The fourth-order valence-corrected chi connectivity index (χ4v) is 9.19. The molecule has 30 nitrogen and oxygen atoms in total. The van der Waals surface area contributed by atoms with E-state index in [2.05, 4.69) is 81.6 Å². The average Bonchev–Trinajstić information content (AvgIpc) is 0.811. The molecule has 109 heavy (non-hydrogen) atoms. The number of carbonyl (C=O) groups excluding carboxylic acids is 3. The van der Waals surface area contributed by atoms with Gasteiger partial charge < -0.3 is 81.2 Å². The van der Waals surface area contributed by atoms with E-state index in [4.69, 9.17) is 54.3 Å². The molecular formula is C70H97Cl2F6N18O12Pd-. The number of nitrogen functional groups attached to an aromatic ring is 1. The molecule has 39 heteroatoms. The number of Topliss-reactive ketones (excluding diaryl/α,β-unsaturated/α-hetero) is 2. The van der Waals surface area contributed by atoms with E-state index in [1.807, 2.05) is 15.9 Å². The van der Waals surface area contributed by atoms with Gasteiger partial charge in [-0.1, -0.05) is 49.7 Å². The Morgan fingerprint density at radius 1 is 0.550 bits per heavy atom. The second-order valence-electron chi connectivity index (χ2n) is 23.4. The van der Waals surface area contributed by atoms with Crippen LogP contribution in [-0.4, -0.2) is 179 Å². The van der Waals surface area contributed by atoms with Gasteiger partial charge in [-0.2, -0.15) is 26.3 Å². The number of anilines is 7. The number of aliphatic hydroxyl groups is 5. The van der Waals surface area contributed by atoms with Crippen molar-refractivity contribution >= 4 is 92.0 Å². The van der Waals surface area contributed by atoms with Crippen LogP contribution >= 0.6 is 23.2 Å². The number of nitro groups is 2. The van der Waals surface area contributed by atoms with Gasteiger partial charge in [-0.15, -0.1) is 0 Å². The monoisotopic (exact) mass is 1670 g/mol. The second kappa shape index (κ2) is 55.4. The number of carbonyl (C=O) groups is 3. The van der Waals surface area contributed by atoms with Crippen molar-refractivity contribution in [1.29, 1.82) is 0 Å². The summed E-state index contributed by atoms with van der Waals surface area (Å²) in [6.07, 6.45) is 3.17. The Hall–Kier alpha value is -9.00. The number of nitrogens with two attached hydrogens (primary N) is 3. The minimum Gasteiger partial charge on any atom is -0.397 e. The number of pyridine rings is 7. The zero-order chi connectivity index (χ0) is 79.9. The second-order valence-corrected chi connectivity index (χ2v) is 24.3. The maximum Gasteiger partial charge on any atom is 0.433 e. The first-order valence-electron chi connectivity index (χ1n) is 33.5. The number of piperidine rings is 2. The Morgan fingerprint density at radius 2 is 0.908 bits per heavy atom. The van der Waals surface area contributed by atoms with Crippen molar-refractivity contribution in [1.82, 2.24) is 34.9 Å². The summed E-state index contributed by atoms with van der Waals surface area (Å²) < 4.78 is 77.8. The average molecular weight is 1670 g/mol. The molecule has 606 valence electrons. The molecule has 7 aromatic rings. The molecule has 2 aliphatic rings. The van der Waals surface area contributed by atoms with E-state index < -0.39 is 33.6 Å². The van der Waals surface area contributed by atoms with E-state index in [9.17, 15) is 61.0 Å². The molecule has 9 heterocycles. The summed E-state index contributed by atoms with van der Waals surface area (Å²) in [6, 6.07) is 21.1. The normalized spacial score (nSPS) is 12.3. The zero-order valence-electron chi connectivity index (χ0n) is 61.0. The van der Waals surface area contributed by atoms with Crippen molar-refractivity contribution < 1.29 is 96.5 Å². The van der Waals surface area contributed by atoms with Crippen molar-refractivity contribution in [3.63, 3.8) is 0 Å². The predicted molar refractivity (Wildman–Crippen MR) is 404 cm³/mol. The molecule has 7 aromatic heterocycles. The van der Waals surface area contributed by atoms with Gasteiger partial charge in [0, 0.05) is 142 Å². The van der Waals surface area contributed by atoms with Crippen LogP contribution in [0.5, 0.6) is 0 Å². The summed E-state index contributed by atoms with van der Waals surface area (Å²) >= 11 is 10.0. The van der Waals surface area contributed by atoms with Crippen LogP contribution in [0.2, 0.25) is 5.15 Å². The van der Waals surface area contributed by atoms with Gasteiger partial charge in [-0.25, -0.2) is 34.9 Å². The predicted octanol–water partition coefficient (Wildman–Crippen LogP) is 9.56. The number of hydrogen-bond acceptors (Lipinski definition) is 28. The number of halogens is 8. The van der Waals surface area contributed by atoms with Crippen molar-refractivity contribution in [2.75, 3.05) is 129 Å². The molecule has 2 fully saturated rings. The van der Waals surface area contributed by atoms with Crippen molar-refractivity contribution in [2.24, 2.45) is 23.3 Å². The number of ketones is 2. The number of aryl methyl sites for hydroxylation is 1. The molecule has 0 atom stereocenters. The number of alkyl halides is 6. The van der Waals surface area contributed by atoms with Crippen molar-refractivity contribution in [2.45, 2.75) is 98.0 Å². The summed E-state index contributed by atoms with van der Waals surface area (Å²) in [5.41, 5.74) is 17.6. The van der Waals surface area contributed by atoms with Crippen LogP contribution in [0.25, 0.3) is 0 Å². The molecular weight excluding hydrogens is 1580 g/mol. The molecule has 0 bridgehead atoms. The van der Waals surface area contributed by atoms with E-state index in [-0.39, 0.29) is 114 Å². The number of nitrogens with one attached hydrogen (secondary N) is 4. The summed E-state index contributed by atoms with van der Waals surface area (Å²) in [6.45, 7) is 12.6. The fourth-order valence-electron chi connectivity index (χ4n) is 9.08. The standard InChI is InChI=1S/C23H29F3N4O2.C13H18F3N3.C10H14N2O2.C7H9N3O3.C7H11N3O.C5H3ClN2O2.C2H3ClO.C2H7NO.CH3.Pd/c1-16-8-11-30(12-9-16)22-18(4-6-20(29-22)23(24,25)26)3-5-19(32)14-17-2-7-21(28-15-17)27-10-13-31;1-9-4-6-19(7-5-9)12-10(8-17)2-3-11(18-12)13(14,15)16;1-8(14)6-9-2-3-10(12-7-9)11-4-5-13;11-4-3-8-7-2-1-6(5-9-7)10(12)13;8-6-1-2-7(10-5-6)9-3-4-11;6-5-2-1-4(3-7-5)8(9)10;1-2(3)4;3-1-2-4;;/h2,4,6-7,15-16,31H,3,5,8-14H2,1H3,(H,27,28);2-3,9H,4-8,17H2,1H3;2-3,7,13H,4-6H2,1H3,(H,11,12);1-2,5,11H,3-4H2,(H,8,9);1-2,5,11H,3-4,8H2,(H,9,10);1-3H;1H3;4H,1-3H2;1H3;/q;;;;;;;;-1;. The van der Waals surface area contributed by atoms with Gasteiger partial charge in [-0.05, 0) is 128 Å². The van der Waals surface area contributed by atoms with E-state index in [1.165, 1.54) is 49.5 Å². The molecule has 0 spiro atoms. The fraction of sp³-hybridized carbons (Fsp3) is 0.443. The number of rotatable bonds is 25. The molecule has 0 aliphatic carbocycles. The van der Waals surface area contributed by atoms with Crippen molar-refractivity contribution in [3.8, 4) is 0 Å². The minimum atomic E-state index is -4.50. The topological polar surface area (TPSA) is 462 Å². The maximum absolute atomic E-state index is 13.2. The van der Waals surface area contributed by atoms with Crippen LogP contribution < -0.4 is 48.3 Å². The van der Waals surface area contributed by atoms with Gasteiger partial charge in [0.15, 0.2) is 0 Å². The SMILES string of the molecule is CC(=O)Cc1ccc(NCCO)nc1.CC(=O)Cl.CC1CCN(c2nc(C(F)(F)F)ccc2CCC(=O)Cc2ccc(NCCO)nc2)CC1.CC1CCN(c2nc(C(F)(F)F)ccc2CN)CC1.NCCO.Nc1ccc(NCCO)nc1.O=[N+]([O-])c1ccc(Cl)nc1.O=[N+]([O-])c1ccc(NCCO)nc1.[CH3-].[Pd]. The molecule has 0 amide bonds. The number of nitrogens with zero attached hydrogens (tertiary/aromatic N) is 11. The molecule has 0 aromatic carbocycles. The van der Waals surface area contributed by atoms with E-state index in [1.54, 1.807) is 55.8 Å². The molecule has 0 radical (unpaired) electrons. The first-order chi connectivity index (χ1) is 50.8. The summed E-state index contributed by atoms with van der Waals surface area (Å²) in [5.74, 6) is 4.59. The third-order valence-corrected chi connectivity index (χ3v) is 14.7. The van der Waals surface area contributed by atoms with Gasteiger partial charge in [0.1, 0.15) is 75.4 Å². The minimum absolute atomic E-state index is 0. The quantitative estimate of drug-likeness (QED) is 0.00481. The third kappa shape index (κ3) is 43.1.